The summed E-state index contributed by atoms with van der Waals surface area (Å²) in [7, 11) is 0. The van der Waals surface area contributed by atoms with E-state index in [1.54, 1.807) is 46.0 Å². The van der Waals surface area contributed by atoms with Crippen LogP contribution in [-0.4, -0.2) is 246 Å². The Balaban J connectivity index is 0.928. The number of ketones is 1. The Morgan fingerprint density at radius 2 is 1.28 bits per heavy atom. The molecule has 4 aliphatic heterocycles. The van der Waals surface area contributed by atoms with Crippen LogP contribution in [0.3, 0.4) is 0 Å². The van der Waals surface area contributed by atoms with Crippen LogP contribution in [0.5, 0.6) is 5.75 Å². The van der Waals surface area contributed by atoms with Crippen LogP contribution in [0, 0.1) is 11.8 Å². The van der Waals surface area contributed by atoms with E-state index >= 15 is 0 Å². The molecule has 99 heavy (non-hydrogen) atoms. The molecule has 1 aromatic heterocycles. The lowest BCUT2D eigenvalue weighted by molar-refractivity contribution is -0.143. The summed E-state index contributed by atoms with van der Waals surface area (Å²) in [6, 6.07) is -2.40. The molecular formula is C66H104N14O18S. The van der Waals surface area contributed by atoms with Gasteiger partial charge in [0.1, 0.15) is 47.8 Å². The van der Waals surface area contributed by atoms with Crippen LogP contribution in [0.25, 0.3) is 0 Å². The fourth-order valence-electron chi connectivity index (χ4n) is 11.7. The van der Waals surface area contributed by atoms with E-state index in [1.807, 2.05) is 11.8 Å². The lowest BCUT2D eigenvalue weighted by Crippen LogP contribution is -2.61. The first-order valence-electron chi connectivity index (χ1n) is 34.7. The molecule has 2 bridgehead atoms. The fraction of sp³-hybridized carbons (Fsp3) is 0.712. The molecule has 552 valence electrons. The summed E-state index contributed by atoms with van der Waals surface area (Å²) in [4.78, 5) is 148. The first-order valence-corrected chi connectivity index (χ1v) is 35.7. The van der Waals surface area contributed by atoms with E-state index in [1.165, 1.54) is 21.7 Å². The number of urea groups is 1. The number of hydrogen-bond donors (Lipinski definition) is 12. The number of nitrogens with one attached hydrogen (secondary N) is 9. The number of phenols is 1. The Bertz CT molecular complexity index is 2940. The van der Waals surface area contributed by atoms with Gasteiger partial charge in [0.05, 0.1) is 89.9 Å². The Morgan fingerprint density at radius 1 is 0.636 bits per heavy atom. The molecule has 3 saturated heterocycles. The minimum atomic E-state index is -1.47. The molecule has 0 saturated carbocycles. The van der Waals surface area contributed by atoms with E-state index in [2.05, 4.69) is 58.2 Å². The number of carboxylic acid groups (broad SMARTS) is 1. The molecule has 33 heteroatoms. The van der Waals surface area contributed by atoms with Gasteiger partial charge >= 0.3 is 12.0 Å². The number of rotatable bonds is 35. The largest absolute Gasteiger partial charge is 0.508 e. The van der Waals surface area contributed by atoms with Crippen LogP contribution < -0.4 is 53.6 Å². The number of aryl methyl sites for hydroxylation is 1. The van der Waals surface area contributed by atoms with E-state index in [0.29, 0.717) is 108 Å². The van der Waals surface area contributed by atoms with Crippen LogP contribution in [0.2, 0.25) is 0 Å². The van der Waals surface area contributed by atoms with Gasteiger partial charge in [-0.15, -0.1) is 5.10 Å². The smallest absolute Gasteiger partial charge is 0.315 e. The number of carboxylic acids is 1. The summed E-state index contributed by atoms with van der Waals surface area (Å²) in [5.41, 5.74) is 7.24. The third-order valence-electron chi connectivity index (χ3n) is 17.3. The van der Waals surface area contributed by atoms with E-state index in [9.17, 15) is 63.0 Å². The molecule has 0 spiro atoms. The van der Waals surface area contributed by atoms with Crippen LogP contribution in [0.4, 0.5) is 4.79 Å². The zero-order chi connectivity index (χ0) is 71.6. The van der Waals surface area contributed by atoms with E-state index in [0.717, 1.165) is 25.0 Å². The molecule has 1 aromatic carbocycles. The standard InChI is InChI=1S/C66H104N14O18S/c1-41(2)56-64(91)71-49(20-21-55(84)85)61(88)75-57(42(3)4)65(92)80-26-10-13-52(80)63(90)72-50(37-43-16-18-46(82)19-17-43)62(89)70-48(12-7-8-25-79-39-44(77-78-79)38-47(67)59(86)74-56)60(87)69-24-28-95-30-32-97-34-36-98-35-33-96-31-29-94-27-22-45(81)11-9-23-68-54(83)15-6-5-14-53-58-51(40-99-53)73-66(93)76-58/h16-19,39,41-42,47-53,56-58,82H,5-15,20-38,40,67H2,1-4H3,(H,68,83)(H,69,87)(H,70,89)(H,71,91)(H,72,90)(H,74,86)(H,75,88)(H,84,85)(H2,73,76,93)/t47-,48-,49-,50-,51-,52-,53-,56-,57-,58-/m0/s1. The number of phenolic OH excluding ortho intramolecular Hbond substituents is 1. The van der Waals surface area contributed by atoms with Crippen LogP contribution in [0.15, 0.2) is 30.5 Å². The molecule has 0 radical (unpaired) electrons. The van der Waals surface area contributed by atoms with Crippen molar-refractivity contribution in [2.24, 2.45) is 17.6 Å². The minimum absolute atomic E-state index is 0.0188. The first kappa shape index (κ1) is 80.4. The summed E-state index contributed by atoms with van der Waals surface area (Å²) >= 11 is 1.87. The highest BCUT2D eigenvalue weighted by Gasteiger charge is 2.44. The number of aromatic nitrogens is 3. The highest BCUT2D eigenvalue weighted by Crippen LogP contribution is 2.33. The number of nitrogens with two attached hydrogens (primary N) is 1. The zero-order valence-electron chi connectivity index (χ0n) is 57.4. The molecule has 10 atom stereocenters. The fourth-order valence-corrected chi connectivity index (χ4v) is 13.3. The van der Waals surface area contributed by atoms with Crippen molar-refractivity contribution in [3.05, 3.63) is 41.7 Å². The second kappa shape index (κ2) is 43.2. The van der Waals surface area contributed by atoms with Gasteiger partial charge in [-0.05, 0) is 87.3 Å². The predicted molar refractivity (Wildman–Crippen MR) is 361 cm³/mol. The third kappa shape index (κ3) is 28.5. The van der Waals surface area contributed by atoms with Crippen LogP contribution in [-0.2, 0) is 91.0 Å². The lowest BCUT2D eigenvalue weighted by atomic mass is 9.99. The van der Waals surface area contributed by atoms with Gasteiger partial charge in [-0.25, -0.2) is 4.79 Å². The molecule has 3 fully saturated rings. The van der Waals surface area contributed by atoms with E-state index < -0.39 is 108 Å². The summed E-state index contributed by atoms with van der Waals surface area (Å²) in [5.74, 6) is -6.38. The summed E-state index contributed by atoms with van der Waals surface area (Å²) < 4.78 is 29.6. The molecule has 2 aromatic rings. The van der Waals surface area contributed by atoms with Crippen molar-refractivity contribution in [1.29, 1.82) is 0 Å². The van der Waals surface area contributed by atoms with Crippen molar-refractivity contribution in [2.75, 3.05) is 91.5 Å². The molecule has 10 amide bonds. The lowest BCUT2D eigenvalue weighted by Gasteiger charge is -2.32. The number of fused-ring (bicyclic) bond motifs is 4. The normalized spacial score (nSPS) is 23.8. The molecule has 4 aliphatic rings. The van der Waals surface area contributed by atoms with Crippen molar-refractivity contribution in [1.82, 2.24) is 67.7 Å². The Hall–Kier alpha value is -7.56. The van der Waals surface area contributed by atoms with Crippen LogP contribution in [0.1, 0.15) is 129 Å². The highest BCUT2D eigenvalue weighted by molar-refractivity contribution is 8.00. The zero-order valence-corrected chi connectivity index (χ0v) is 58.3. The number of aromatic hydroxyl groups is 1. The van der Waals surface area contributed by atoms with E-state index in [-0.39, 0.29) is 114 Å². The number of aliphatic carboxylic acids is 1. The number of nitrogens with zero attached hydrogens (tertiary/aromatic N) is 4. The molecule has 0 aliphatic carbocycles. The van der Waals surface area contributed by atoms with Crippen molar-refractivity contribution < 1.29 is 86.6 Å². The highest BCUT2D eigenvalue weighted by atomic mass is 32.2. The van der Waals surface area contributed by atoms with Gasteiger partial charge in [-0.1, -0.05) is 51.5 Å². The monoisotopic (exact) mass is 1410 g/mol. The number of thioether (sulfide) groups is 1. The molecule has 13 N–H and O–H groups in total. The maximum Gasteiger partial charge on any atom is 0.315 e. The summed E-state index contributed by atoms with van der Waals surface area (Å²) in [6.45, 7) is 10.4. The third-order valence-corrected chi connectivity index (χ3v) is 18.8. The Morgan fingerprint density at radius 3 is 1.96 bits per heavy atom. The number of ether oxygens (including phenoxy) is 5. The molecular weight excluding hydrogens is 1310 g/mol. The average molecular weight is 1410 g/mol. The Kier molecular flexibility index (Phi) is 35.1. The quantitative estimate of drug-likeness (QED) is 0.0310. The van der Waals surface area contributed by atoms with Gasteiger partial charge < -0.3 is 92.4 Å². The average Bonchev–Trinajstić information content (AvgIpc) is 1.72. The number of amides is 10. The Labute approximate surface area is 582 Å². The maximum absolute atomic E-state index is 14.6. The van der Waals surface area contributed by atoms with Crippen molar-refractivity contribution in [3.63, 3.8) is 0 Å². The van der Waals surface area contributed by atoms with Crippen molar-refractivity contribution in [3.8, 4) is 5.75 Å². The van der Waals surface area contributed by atoms with Crippen molar-refractivity contribution in [2.45, 2.75) is 197 Å². The van der Waals surface area contributed by atoms with Gasteiger partial charge in [-0.2, -0.15) is 11.8 Å². The number of unbranched alkanes of at least 4 members (excludes halogenated alkanes) is 1. The predicted octanol–water partition coefficient (Wildman–Crippen LogP) is -0.348. The number of carbonyl (C=O) groups excluding carboxylic acids is 10. The van der Waals surface area contributed by atoms with Gasteiger partial charge in [0.2, 0.25) is 47.3 Å². The molecule has 5 heterocycles. The van der Waals surface area contributed by atoms with Gasteiger partial charge in [0.15, 0.2) is 0 Å². The number of Topliss-reactive ketones (excluding diaryl/α,β-unsaturated/α-hetero) is 1. The summed E-state index contributed by atoms with van der Waals surface area (Å²) in [6.07, 6.45) is 6.38. The number of carbonyl (C=O) groups is 11. The van der Waals surface area contributed by atoms with Gasteiger partial charge in [-0.3, -0.25) is 52.6 Å². The van der Waals surface area contributed by atoms with Gasteiger partial charge in [0, 0.05) is 81.9 Å². The van der Waals surface area contributed by atoms with Crippen molar-refractivity contribution >= 4 is 76.8 Å². The van der Waals surface area contributed by atoms with Gasteiger partial charge in [0.25, 0.3) is 0 Å². The number of hydrogen-bond acceptors (Lipinski definition) is 21. The number of benzene rings is 1. The molecule has 0 unspecified atom stereocenters. The first-order chi connectivity index (χ1) is 47.6. The van der Waals surface area contributed by atoms with Crippen LogP contribution >= 0.6 is 11.8 Å². The second-order valence-corrected chi connectivity index (χ2v) is 27.2. The molecule has 32 nitrogen and oxygen atoms in total. The topological polar surface area (TPSA) is 443 Å². The van der Waals surface area contributed by atoms with E-state index in [4.69, 9.17) is 29.4 Å². The second-order valence-electron chi connectivity index (χ2n) is 25.9. The SMILES string of the molecule is CC(C)[C@@H]1NC(=O)[C@@H](N)Cc2cn(nn2)CCCC[C@@H](C(=O)NCCOCCOCCOCCOCCOCCC(=O)CCCNC(=O)CCCC[C@@H]2SC[C@@H]3NC(=O)N[C@@H]32)NC(=O)[C@H](Cc2ccc(O)cc2)NC(=O)[C@@H]2CCCN2C(=O)[C@H](C(C)C)NC(=O)[C@H](CCC(=O)O)NC1=O. The minimum Gasteiger partial charge on any atom is -0.508 e. The summed E-state index contributed by atoms with van der Waals surface area (Å²) in [5, 5.41) is 53.7. The maximum atomic E-state index is 14.6. The molecule has 6 rings (SSSR count).